The molecule has 0 amide bonds. The molecule has 3 aromatic rings. The summed E-state index contributed by atoms with van der Waals surface area (Å²) in [4.78, 5) is 5.91. The van der Waals surface area contributed by atoms with Gasteiger partial charge in [0.1, 0.15) is 10.8 Å². The summed E-state index contributed by atoms with van der Waals surface area (Å²) in [5.74, 6) is -0.225. The number of thiazole rings is 1. The number of aromatic nitrogens is 4. The third-order valence-corrected chi connectivity index (χ3v) is 6.55. The van der Waals surface area contributed by atoms with Crippen molar-refractivity contribution in [2.24, 2.45) is 0 Å². The van der Waals surface area contributed by atoms with E-state index in [0.717, 1.165) is 40.5 Å². The van der Waals surface area contributed by atoms with Gasteiger partial charge in [0.2, 0.25) is 0 Å². The van der Waals surface area contributed by atoms with Gasteiger partial charge in [0.25, 0.3) is 0 Å². The Morgan fingerprint density at radius 3 is 2.61 bits per heavy atom. The molecule has 0 spiro atoms. The van der Waals surface area contributed by atoms with Gasteiger partial charge in [0.15, 0.2) is 0 Å². The molecular formula is C21H26FN5S. The summed E-state index contributed by atoms with van der Waals surface area (Å²) in [5.41, 5.74) is 2.02. The summed E-state index contributed by atoms with van der Waals surface area (Å²) in [6, 6.07) is 6.85. The van der Waals surface area contributed by atoms with Crippen LogP contribution in [0.3, 0.4) is 0 Å². The van der Waals surface area contributed by atoms with Gasteiger partial charge in [0, 0.05) is 17.0 Å². The molecular weight excluding hydrogens is 373 g/mol. The Kier molecular flexibility index (Phi) is 4.83. The Morgan fingerprint density at radius 2 is 2.00 bits per heavy atom. The highest BCUT2D eigenvalue weighted by molar-refractivity contribution is 7.12. The van der Waals surface area contributed by atoms with Crippen molar-refractivity contribution in [3.8, 4) is 11.3 Å². The molecule has 0 radical (unpaired) electrons. The molecule has 28 heavy (non-hydrogen) atoms. The highest BCUT2D eigenvalue weighted by Gasteiger charge is 2.41. The maximum absolute atomic E-state index is 14.3. The maximum atomic E-state index is 14.3. The molecule has 0 saturated heterocycles. The van der Waals surface area contributed by atoms with Gasteiger partial charge >= 0.3 is 0 Å². The zero-order chi connectivity index (χ0) is 19.9. The molecule has 0 aliphatic heterocycles. The first-order valence-electron chi connectivity index (χ1n) is 9.68. The van der Waals surface area contributed by atoms with E-state index in [1.165, 1.54) is 6.07 Å². The molecule has 0 atom stereocenters. The predicted molar refractivity (Wildman–Crippen MR) is 110 cm³/mol. The fourth-order valence-corrected chi connectivity index (χ4v) is 4.62. The highest BCUT2D eigenvalue weighted by atomic mass is 32.1. The molecule has 2 aromatic heterocycles. The third-order valence-electron chi connectivity index (χ3n) is 5.38. The second-order valence-electron chi connectivity index (χ2n) is 8.52. The molecule has 1 aliphatic rings. The second kappa shape index (κ2) is 7.04. The minimum Gasteiger partial charge on any atom is -0.300 e. The van der Waals surface area contributed by atoms with Crippen molar-refractivity contribution >= 4 is 11.3 Å². The Balaban J connectivity index is 1.56. The maximum Gasteiger partial charge on any atom is 0.132 e. The topological polar surface area (TPSA) is 55.6 Å². The SMILES string of the molecule is Cc1sc(C2(NCc3cn(C(C)(C)C)nn3)CCC2)nc1-c1ccccc1F. The number of hydrogen-bond acceptors (Lipinski definition) is 5. The van der Waals surface area contributed by atoms with E-state index in [4.69, 9.17) is 4.98 Å². The van der Waals surface area contributed by atoms with E-state index >= 15 is 0 Å². The standard InChI is InChI=1S/C21H26FN5S/c1-14-18(16-8-5-6-9-17(16)22)24-19(28-14)21(10-7-11-21)23-12-15-13-27(26-25-15)20(2,3)4/h5-6,8-9,13,23H,7,10-12H2,1-4H3. The summed E-state index contributed by atoms with van der Waals surface area (Å²) < 4.78 is 16.1. The van der Waals surface area contributed by atoms with Crippen molar-refractivity contribution in [3.05, 3.63) is 51.9 Å². The van der Waals surface area contributed by atoms with E-state index in [0.29, 0.717) is 12.1 Å². The van der Waals surface area contributed by atoms with Crippen LogP contribution in [0.1, 0.15) is 55.6 Å². The molecule has 1 aliphatic carbocycles. The number of benzene rings is 1. The molecule has 5 nitrogen and oxygen atoms in total. The Bertz CT molecular complexity index is 981. The van der Waals surface area contributed by atoms with Crippen molar-refractivity contribution in [2.75, 3.05) is 0 Å². The zero-order valence-electron chi connectivity index (χ0n) is 16.8. The molecule has 1 fully saturated rings. The second-order valence-corrected chi connectivity index (χ2v) is 9.72. The van der Waals surface area contributed by atoms with Crippen LogP contribution < -0.4 is 5.32 Å². The molecule has 0 bridgehead atoms. The molecule has 0 unspecified atom stereocenters. The molecule has 1 saturated carbocycles. The van der Waals surface area contributed by atoms with Gasteiger partial charge in [-0.05, 0) is 59.1 Å². The summed E-state index contributed by atoms with van der Waals surface area (Å²) in [6.45, 7) is 8.98. The van der Waals surface area contributed by atoms with Crippen molar-refractivity contribution in [1.82, 2.24) is 25.3 Å². The van der Waals surface area contributed by atoms with E-state index in [1.807, 2.05) is 23.9 Å². The van der Waals surface area contributed by atoms with Crippen LogP contribution in [0.5, 0.6) is 0 Å². The lowest BCUT2D eigenvalue weighted by atomic mass is 9.77. The van der Waals surface area contributed by atoms with Crippen LogP contribution in [0.25, 0.3) is 11.3 Å². The van der Waals surface area contributed by atoms with Crippen molar-refractivity contribution in [3.63, 3.8) is 0 Å². The zero-order valence-corrected chi connectivity index (χ0v) is 17.6. The number of rotatable bonds is 5. The average molecular weight is 400 g/mol. The molecule has 1 N–H and O–H groups in total. The molecule has 4 rings (SSSR count). The van der Waals surface area contributed by atoms with Gasteiger partial charge in [-0.1, -0.05) is 17.3 Å². The minimum absolute atomic E-state index is 0.0829. The van der Waals surface area contributed by atoms with Crippen LogP contribution in [-0.2, 0) is 17.6 Å². The van der Waals surface area contributed by atoms with E-state index < -0.39 is 0 Å². The molecule has 7 heteroatoms. The first-order valence-corrected chi connectivity index (χ1v) is 10.5. The van der Waals surface area contributed by atoms with E-state index in [1.54, 1.807) is 23.5 Å². The Labute approximate surface area is 169 Å². The monoisotopic (exact) mass is 399 g/mol. The first kappa shape index (κ1) is 19.2. The van der Waals surface area contributed by atoms with Crippen LogP contribution in [0.15, 0.2) is 30.5 Å². The third kappa shape index (κ3) is 3.49. The van der Waals surface area contributed by atoms with E-state index in [9.17, 15) is 4.39 Å². The van der Waals surface area contributed by atoms with Crippen LogP contribution in [0.2, 0.25) is 0 Å². The van der Waals surface area contributed by atoms with E-state index in [2.05, 4.69) is 36.4 Å². The number of hydrogen-bond donors (Lipinski definition) is 1. The first-order chi connectivity index (χ1) is 13.3. The summed E-state index contributed by atoms with van der Waals surface area (Å²) in [7, 11) is 0. The van der Waals surface area contributed by atoms with Gasteiger partial charge < -0.3 is 0 Å². The Morgan fingerprint density at radius 1 is 1.25 bits per heavy atom. The van der Waals surface area contributed by atoms with Crippen LogP contribution in [0, 0.1) is 12.7 Å². The predicted octanol–water partition coefficient (Wildman–Crippen LogP) is 4.77. The largest absolute Gasteiger partial charge is 0.300 e. The van der Waals surface area contributed by atoms with Crippen LogP contribution in [0.4, 0.5) is 4.39 Å². The number of aryl methyl sites for hydroxylation is 1. The fraction of sp³-hybridized carbons (Fsp3) is 0.476. The van der Waals surface area contributed by atoms with Crippen LogP contribution in [-0.4, -0.2) is 20.0 Å². The lowest BCUT2D eigenvalue weighted by Gasteiger charge is -2.41. The van der Waals surface area contributed by atoms with Gasteiger partial charge in [-0.25, -0.2) is 14.1 Å². The van der Waals surface area contributed by atoms with Crippen molar-refractivity contribution < 1.29 is 4.39 Å². The van der Waals surface area contributed by atoms with Gasteiger partial charge in [-0.15, -0.1) is 16.4 Å². The minimum atomic E-state index is -0.225. The fourth-order valence-electron chi connectivity index (χ4n) is 3.47. The lowest BCUT2D eigenvalue weighted by molar-refractivity contribution is 0.182. The summed E-state index contributed by atoms with van der Waals surface area (Å²) in [5, 5.41) is 13.3. The smallest absolute Gasteiger partial charge is 0.132 e. The van der Waals surface area contributed by atoms with Gasteiger partial charge in [0.05, 0.1) is 28.7 Å². The normalized spacial score (nSPS) is 16.2. The number of halogens is 1. The highest BCUT2D eigenvalue weighted by Crippen LogP contribution is 2.45. The average Bonchev–Trinajstić information content (AvgIpc) is 3.22. The summed E-state index contributed by atoms with van der Waals surface area (Å²) in [6.07, 6.45) is 5.22. The molecule has 2 heterocycles. The van der Waals surface area contributed by atoms with Crippen LogP contribution >= 0.6 is 11.3 Å². The lowest BCUT2D eigenvalue weighted by Crippen LogP contribution is -2.47. The van der Waals surface area contributed by atoms with Crippen molar-refractivity contribution in [2.45, 2.75) is 64.6 Å². The molecule has 148 valence electrons. The molecule has 1 aromatic carbocycles. The Hall–Kier alpha value is -2.12. The van der Waals surface area contributed by atoms with E-state index in [-0.39, 0.29) is 16.9 Å². The van der Waals surface area contributed by atoms with Gasteiger partial charge in [-0.2, -0.15) is 0 Å². The number of nitrogens with zero attached hydrogens (tertiary/aromatic N) is 4. The number of nitrogens with one attached hydrogen (secondary N) is 1. The quantitative estimate of drug-likeness (QED) is 0.671. The summed E-state index contributed by atoms with van der Waals surface area (Å²) >= 11 is 1.66. The van der Waals surface area contributed by atoms with Crippen molar-refractivity contribution in [1.29, 1.82) is 0 Å². The van der Waals surface area contributed by atoms with Gasteiger partial charge in [-0.3, -0.25) is 5.32 Å².